The fraction of sp³-hybridized carbons (Fsp3) is 0.154. The minimum Gasteiger partial charge on any atom is -0.489 e. The van der Waals surface area contributed by atoms with E-state index in [9.17, 15) is 31.5 Å². The number of nitrogens with two attached hydrogens (primary N) is 1. The number of hydrogen-bond donors (Lipinski definition) is 3. The lowest BCUT2D eigenvalue weighted by Gasteiger charge is -2.16. The third-order valence-corrected chi connectivity index (χ3v) is 7.25. The molecule has 0 fully saturated rings. The fourth-order valence-electron chi connectivity index (χ4n) is 3.53. The zero-order chi connectivity index (χ0) is 27.2. The van der Waals surface area contributed by atoms with Crippen molar-refractivity contribution in [2.75, 3.05) is 0 Å². The van der Waals surface area contributed by atoms with Gasteiger partial charge in [-0.2, -0.15) is 17.7 Å². The molecule has 0 bridgehead atoms. The highest BCUT2D eigenvalue weighted by molar-refractivity contribution is 7.97. The predicted octanol–water partition coefficient (Wildman–Crippen LogP) is 5.27. The topological polar surface area (TPSA) is 127 Å². The highest BCUT2D eigenvalue weighted by Gasteiger charge is 2.35. The van der Waals surface area contributed by atoms with Crippen molar-refractivity contribution in [1.29, 1.82) is 0 Å². The first-order valence-electron chi connectivity index (χ1n) is 10.8. The van der Waals surface area contributed by atoms with Gasteiger partial charge in [0, 0.05) is 17.7 Å². The molecule has 2 atom stereocenters. The maximum absolute atomic E-state index is 13.0. The number of carbonyl (C=O) groups is 2. The van der Waals surface area contributed by atoms with Crippen LogP contribution in [0, 0.1) is 0 Å². The lowest BCUT2D eigenvalue weighted by molar-refractivity contribution is -0.138. The highest BCUT2D eigenvalue weighted by Crippen LogP contribution is 2.33. The number of carbonyl (C=O) groups excluding carboxylic acids is 1. The van der Waals surface area contributed by atoms with Crippen LogP contribution in [-0.2, 0) is 36.8 Å². The van der Waals surface area contributed by atoms with E-state index in [1.165, 1.54) is 18.2 Å². The molecule has 7 nitrogen and oxygen atoms in total. The van der Waals surface area contributed by atoms with Crippen molar-refractivity contribution >= 4 is 22.5 Å². The summed E-state index contributed by atoms with van der Waals surface area (Å²) in [4.78, 5) is 21.8. The van der Waals surface area contributed by atoms with Crippen molar-refractivity contribution in [3.63, 3.8) is 0 Å². The highest BCUT2D eigenvalue weighted by atomic mass is 32.3. The lowest BCUT2D eigenvalue weighted by atomic mass is 9.92. The van der Waals surface area contributed by atoms with Gasteiger partial charge in [-0.05, 0) is 59.7 Å². The van der Waals surface area contributed by atoms with E-state index in [0.29, 0.717) is 23.2 Å². The molecule has 194 valence electrons. The maximum atomic E-state index is 13.0. The monoisotopic (exact) mass is 534 g/mol. The predicted molar refractivity (Wildman–Crippen MR) is 129 cm³/mol. The Morgan fingerprint density at radius 2 is 1.68 bits per heavy atom. The molecule has 3 rings (SSSR count). The number of ether oxygens (including phenoxy) is 1. The SMILES string of the molecule is NC(=CC=O)[C@@H](CC(=O)O)c1ccc(OCc2cccc([S+](=O)(O)c3ccc(C(F)(F)F)cc3)c2)cc1. The van der Waals surface area contributed by atoms with Crippen molar-refractivity contribution in [2.45, 2.75) is 34.9 Å². The van der Waals surface area contributed by atoms with Crippen LogP contribution in [0.15, 0.2) is 94.4 Å². The van der Waals surface area contributed by atoms with E-state index in [0.717, 1.165) is 30.3 Å². The molecule has 3 aromatic rings. The molecular formula is C26H23F3NO6S+. The van der Waals surface area contributed by atoms with Crippen LogP contribution in [0.4, 0.5) is 13.2 Å². The molecular weight excluding hydrogens is 511 g/mol. The summed E-state index contributed by atoms with van der Waals surface area (Å²) in [6.45, 7) is 0.0153. The van der Waals surface area contributed by atoms with Crippen molar-refractivity contribution in [1.82, 2.24) is 0 Å². The zero-order valence-electron chi connectivity index (χ0n) is 19.2. The number of carboxylic acid groups (broad SMARTS) is 1. The minimum absolute atomic E-state index is 0.0117. The summed E-state index contributed by atoms with van der Waals surface area (Å²) in [5.74, 6) is -1.35. The number of rotatable bonds is 10. The second-order valence-electron chi connectivity index (χ2n) is 8.01. The smallest absolute Gasteiger partial charge is 0.416 e. The van der Waals surface area contributed by atoms with Crippen LogP contribution in [0.2, 0.25) is 0 Å². The van der Waals surface area contributed by atoms with Crippen molar-refractivity contribution in [3.8, 4) is 5.75 Å². The van der Waals surface area contributed by atoms with E-state index in [1.807, 2.05) is 0 Å². The second kappa shape index (κ2) is 11.4. The van der Waals surface area contributed by atoms with Crippen LogP contribution < -0.4 is 10.5 Å². The summed E-state index contributed by atoms with van der Waals surface area (Å²) in [6, 6.07) is 15.9. The first-order valence-corrected chi connectivity index (χ1v) is 12.3. The molecule has 4 N–H and O–H groups in total. The van der Waals surface area contributed by atoms with Gasteiger partial charge < -0.3 is 15.6 Å². The first-order chi connectivity index (χ1) is 17.4. The summed E-state index contributed by atoms with van der Waals surface area (Å²) in [7, 11) is -3.81. The number of allylic oxidation sites excluding steroid dienone is 2. The Bertz CT molecular complexity index is 1340. The molecule has 0 aliphatic rings. The standard InChI is InChI=1S/C26H22F3NO6S/c27-26(28,29)19-6-10-21(11-7-19)37(34,35)22-3-1-2-17(14-22)16-36-20-8-4-18(5-9-20)23(15-25(32)33)24(30)12-13-31/h1-14,23H,15-16H2,(H3-,30,31,32,33,34,35)/p+1/t23-/m0/s1. The molecule has 0 amide bonds. The fourth-order valence-corrected chi connectivity index (χ4v) is 4.88. The van der Waals surface area contributed by atoms with Crippen LogP contribution in [-0.4, -0.2) is 21.9 Å². The summed E-state index contributed by atoms with van der Waals surface area (Å²) >= 11 is 0. The molecule has 0 spiro atoms. The van der Waals surface area contributed by atoms with Crippen molar-refractivity contribution in [3.05, 3.63) is 101 Å². The molecule has 0 heterocycles. The van der Waals surface area contributed by atoms with E-state index >= 15 is 0 Å². The van der Waals surface area contributed by atoms with Gasteiger partial charge >= 0.3 is 12.1 Å². The Kier molecular flexibility index (Phi) is 8.51. The van der Waals surface area contributed by atoms with Crippen LogP contribution in [0.5, 0.6) is 5.75 Å². The number of carboxylic acids is 1. The Labute approximate surface area is 211 Å². The Morgan fingerprint density at radius 3 is 2.24 bits per heavy atom. The van der Waals surface area contributed by atoms with Gasteiger partial charge in [-0.25, -0.2) is 0 Å². The van der Waals surface area contributed by atoms with Gasteiger partial charge in [-0.3, -0.25) is 9.59 Å². The molecule has 0 aliphatic heterocycles. The number of aliphatic carboxylic acids is 1. The number of hydrogen-bond acceptors (Lipinski definition) is 5. The van der Waals surface area contributed by atoms with Crippen molar-refractivity contribution < 1.29 is 41.4 Å². The van der Waals surface area contributed by atoms with Gasteiger partial charge in [0.1, 0.15) is 18.6 Å². The number of aldehydes is 1. The zero-order valence-corrected chi connectivity index (χ0v) is 20.0. The normalized spacial score (nSPS) is 14.4. The first kappa shape index (κ1) is 27.6. The summed E-state index contributed by atoms with van der Waals surface area (Å²) in [5, 5.41) is 9.14. The molecule has 1 unspecified atom stereocenters. The molecule has 3 aromatic carbocycles. The molecule has 0 saturated heterocycles. The average molecular weight is 535 g/mol. The van der Waals surface area contributed by atoms with Gasteiger partial charge in [0.25, 0.3) is 10.2 Å². The van der Waals surface area contributed by atoms with Crippen LogP contribution in [0.1, 0.15) is 29.0 Å². The summed E-state index contributed by atoms with van der Waals surface area (Å²) < 4.78 is 67.8. The number of benzene rings is 3. The van der Waals surface area contributed by atoms with Gasteiger partial charge in [0.05, 0.1) is 12.0 Å². The van der Waals surface area contributed by atoms with Gasteiger partial charge in [-0.15, -0.1) is 0 Å². The van der Waals surface area contributed by atoms with Gasteiger partial charge in [0.2, 0.25) is 0 Å². The second-order valence-corrected chi connectivity index (χ2v) is 10.0. The molecule has 0 saturated carbocycles. The van der Waals surface area contributed by atoms with Crippen LogP contribution in [0.25, 0.3) is 0 Å². The quantitative estimate of drug-likeness (QED) is 0.184. The molecule has 37 heavy (non-hydrogen) atoms. The van der Waals surface area contributed by atoms with Crippen LogP contribution in [0.3, 0.4) is 0 Å². The van der Waals surface area contributed by atoms with Crippen LogP contribution >= 0.6 is 0 Å². The van der Waals surface area contributed by atoms with Gasteiger partial charge in [-0.1, -0.05) is 28.5 Å². The van der Waals surface area contributed by atoms with E-state index in [-0.39, 0.29) is 28.5 Å². The summed E-state index contributed by atoms with van der Waals surface area (Å²) in [5.41, 5.74) is 6.15. The third kappa shape index (κ3) is 7.05. The lowest BCUT2D eigenvalue weighted by Crippen LogP contribution is -2.15. The number of halogens is 3. The Balaban J connectivity index is 1.73. The van der Waals surface area contributed by atoms with Gasteiger partial charge in [0.15, 0.2) is 9.79 Å². The molecule has 0 aliphatic carbocycles. The third-order valence-electron chi connectivity index (χ3n) is 5.45. The van der Waals surface area contributed by atoms with Crippen molar-refractivity contribution in [2.24, 2.45) is 5.73 Å². The molecule has 11 heteroatoms. The summed E-state index contributed by atoms with van der Waals surface area (Å²) in [6.07, 6.45) is -3.27. The number of alkyl halides is 3. The average Bonchev–Trinajstić information content (AvgIpc) is 2.86. The van der Waals surface area contributed by atoms with E-state index in [4.69, 9.17) is 15.6 Å². The van der Waals surface area contributed by atoms with E-state index < -0.39 is 33.8 Å². The largest absolute Gasteiger partial charge is 0.489 e. The van der Waals surface area contributed by atoms with E-state index in [2.05, 4.69) is 0 Å². The molecule has 0 aromatic heterocycles. The Morgan fingerprint density at radius 1 is 1.03 bits per heavy atom. The Hall–Kier alpha value is -3.96. The molecule has 0 radical (unpaired) electrons. The minimum atomic E-state index is -4.56. The maximum Gasteiger partial charge on any atom is 0.416 e. The van der Waals surface area contributed by atoms with E-state index in [1.54, 1.807) is 30.3 Å².